The van der Waals surface area contributed by atoms with Crippen LogP contribution in [0.1, 0.15) is 31.0 Å². The molecule has 0 aromatic heterocycles. The molecule has 4 heteroatoms. The van der Waals surface area contributed by atoms with Gasteiger partial charge in [-0.05, 0) is 51.1 Å². The topological polar surface area (TPSA) is 24.5 Å². The molecule has 20 heavy (non-hydrogen) atoms. The van der Waals surface area contributed by atoms with Crippen LogP contribution in [0.25, 0.3) is 0 Å². The summed E-state index contributed by atoms with van der Waals surface area (Å²) in [6.07, 6.45) is 0.177. The van der Waals surface area contributed by atoms with E-state index in [1.54, 1.807) is 0 Å². The molecular weight excluding hydrogens is 272 g/mol. The minimum Gasteiger partial charge on any atom is -0.374 e. The Hall–Kier alpha value is -0.610. The Morgan fingerprint density at radius 2 is 2.20 bits per heavy atom. The second kappa shape index (κ2) is 6.90. The molecule has 1 aromatic rings. The molecule has 112 valence electrons. The molecule has 0 bridgehead atoms. The van der Waals surface area contributed by atoms with Gasteiger partial charge in [-0.3, -0.25) is 4.90 Å². The predicted octanol–water partition coefficient (Wildman–Crippen LogP) is 3.02. The number of ether oxygens (including phenoxy) is 1. The summed E-state index contributed by atoms with van der Waals surface area (Å²) in [6.45, 7) is 9.26. The van der Waals surface area contributed by atoms with Crippen molar-refractivity contribution in [2.75, 3.05) is 26.7 Å². The lowest BCUT2D eigenvalue weighted by Gasteiger charge is -2.44. The first-order valence-electron chi connectivity index (χ1n) is 7.32. The fourth-order valence-electron chi connectivity index (χ4n) is 3.05. The molecule has 0 spiro atoms. The van der Waals surface area contributed by atoms with Crippen LogP contribution in [0.5, 0.6) is 0 Å². The number of likely N-dealkylation sites (N-methyl/N-ethyl adjacent to an activating group) is 1. The number of nitrogens with zero attached hydrogens (tertiary/aromatic N) is 1. The highest BCUT2D eigenvalue weighted by Crippen LogP contribution is 2.33. The van der Waals surface area contributed by atoms with Crippen LogP contribution in [0, 0.1) is 6.92 Å². The molecule has 1 saturated heterocycles. The Kier molecular flexibility index (Phi) is 5.44. The zero-order chi connectivity index (χ0) is 14.7. The van der Waals surface area contributed by atoms with E-state index in [-0.39, 0.29) is 12.1 Å². The predicted molar refractivity (Wildman–Crippen MR) is 84.4 cm³/mol. The largest absolute Gasteiger partial charge is 0.374 e. The smallest absolute Gasteiger partial charge is 0.0896 e. The summed E-state index contributed by atoms with van der Waals surface area (Å²) in [7, 11) is 1.98. The van der Waals surface area contributed by atoms with Crippen LogP contribution in [-0.2, 0) is 4.74 Å². The van der Waals surface area contributed by atoms with Crippen LogP contribution in [0.3, 0.4) is 0 Å². The number of hydrogen-bond donors (Lipinski definition) is 1. The van der Waals surface area contributed by atoms with Gasteiger partial charge in [-0.25, -0.2) is 0 Å². The molecule has 1 aromatic carbocycles. The Morgan fingerprint density at radius 1 is 1.45 bits per heavy atom. The van der Waals surface area contributed by atoms with Crippen molar-refractivity contribution in [2.24, 2.45) is 0 Å². The molecule has 1 heterocycles. The Morgan fingerprint density at radius 3 is 2.80 bits per heavy atom. The maximum absolute atomic E-state index is 6.10. The van der Waals surface area contributed by atoms with Gasteiger partial charge < -0.3 is 10.1 Å². The third-order valence-electron chi connectivity index (χ3n) is 4.01. The van der Waals surface area contributed by atoms with Crippen LogP contribution in [0.2, 0.25) is 5.02 Å². The normalized spacial score (nSPS) is 24.3. The van der Waals surface area contributed by atoms with Crippen LogP contribution in [0.4, 0.5) is 0 Å². The van der Waals surface area contributed by atoms with Crippen LogP contribution < -0.4 is 5.32 Å². The van der Waals surface area contributed by atoms with E-state index in [1.165, 1.54) is 11.1 Å². The number of benzene rings is 1. The SMILES string of the molecule is CNCC1OCCN(C(C)C)C1c1ccc(Cl)cc1C. The van der Waals surface area contributed by atoms with Gasteiger partial charge in [0.2, 0.25) is 0 Å². The highest BCUT2D eigenvalue weighted by molar-refractivity contribution is 6.30. The summed E-state index contributed by atoms with van der Waals surface area (Å²) in [4.78, 5) is 2.53. The van der Waals surface area contributed by atoms with Crippen LogP contribution in [-0.4, -0.2) is 43.8 Å². The quantitative estimate of drug-likeness (QED) is 0.924. The minimum atomic E-state index is 0.177. The summed E-state index contributed by atoms with van der Waals surface area (Å²) >= 11 is 6.10. The lowest BCUT2D eigenvalue weighted by Crippen LogP contribution is -2.51. The summed E-state index contributed by atoms with van der Waals surface area (Å²) in [6, 6.07) is 6.95. The molecule has 3 nitrogen and oxygen atoms in total. The van der Waals surface area contributed by atoms with Gasteiger partial charge >= 0.3 is 0 Å². The molecular formula is C16H25ClN2O. The summed E-state index contributed by atoms with van der Waals surface area (Å²) in [5.74, 6) is 0. The average molecular weight is 297 g/mol. The highest BCUT2D eigenvalue weighted by atomic mass is 35.5. The minimum absolute atomic E-state index is 0.177. The maximum atomic E-state index is 6.10. The second-order valence-corrected chi connectivity index (χ2v) is 6.18. The number of halogens is 1. The Bertz CT molecular complexity index is 448. The summed E-state index contributed by atoms with van der Waals surface area (Å²) in [5, 5.41) is 4.05. The lowest BCUT2D eigenvalue weighted by molar-refractivity contribution is -0.0817. The van der Waals surface area contributed by atoms with Gasteiger partial charge in [-0.15, -0.1) is 0 Å². The van der Waals surface area contributed by atoms with Crippen molar-refractivity contribution in [2.45, 2.75) is 39.0 Å². The zero-order valence-electron chi connectivity index (χ0n) is 12.8. The van der Waals surface area contributed by atoms with E-state index in [0.717, 1.165) is 24.7 Å². The van der Waals surface area contributed by atoms with Crippen molar-refractivity contribution in [3.05, 3.63) is 34.3 Å². The lowest BCUT2D eigenvalue weighted by atomic mass is 9.93. The number of aryl methyl sites for hydroxylation is 1. The number of morpholine rings is 1. The summed E-state index contributed by atoms with van der Waals surface area (Å²) < 4.78 is 6.01. The molecule has 2 rings (SSSR count). The van der Waals surface area contributed by atoms with E-state index >= 15 is 0 Å². The molecule has 0 radical (unpaired) electrons. The number of rotatable bonds is 4. The van der Waals surface area contributed by atoms with E-state index in [9.17, 15) is 0 Å². The fourth-order valence-corrected chi connectivity index (χ4v) is 3.28. The van der Waals surface area contributed by atoms with Crippen molar-refractivity contribution in [1.29, 1.82) is 0 Å². The fraction of sp³-hybridized carbons (Fsp3) is 0.625. The standard InChI is InChI=1S/C16H25ClN2O/c1-11(2)19-7-8-20-15(10-18-4)16(19)14-6-5-13(17)9-12(14)3/h5-6,9,11,15-16,18H,7-8,10H2,1-4H3. The van der Waals surface area contributed by atoms with Gasteiger partial charge in [0.25, 0.3) is 0 Å². The van der Waals surface area contributed by atoms with Gasteiger partial charge in [0.1, 0.15) is 0 Å². The van der Waals surface area contributed by atoms with Gasteiger partial charge in [0.15, 0.2) is 0 Å². The van der Waals surface area contributed by atoms with Gasteiger partial charge in [-0.2, -0.15) is 0 Å². The maximum Gasteiger partial charge on any atom is 0.0896 e. The Labute approximate surface area is 127 Å². The van der Waals surface area contributed by atoms with Crippen LogP contribution >= 0.6 is 11.6 Å². The average Bonchev–Trinajstić information content (AvgIpc) is 2.39. The molecule has 2 unspecified atom stereocenters. The third-order valence-corrected chi connectivity index (χ3v) is 4.25. The van der Waals surface area contributed by atoms with E-state index in [4.69, 9.17) is 16.3 Å². The molecule has 1 aliphatic rings. The molecule has 1 aliphatic heterocycles. The highest BCUT2D eigenvalue weighted by Gasteiger charge is 2.35. The zero-order valence-corrected chi connectivity index (χ0v) is 13.6. The number of nitrogens with one attached hydrogen (secondary N) is 1. The Balaban J connectivity index is 2.37. The van der Waals surface area contributed by atoms with Crippen molar-refractivity contribution in [3.8, 4) is 0 Å². The van der Waals surface area contributed by atoms with E-state index in [0.29, 0.717) is 6.04 Å². The van der Waals surface area contributed by atoms with Crippen molar-refractivity contribution < 1.29 is 4.74 Å². The van der Waals surface area contributed by atoms with E-state index in [2.05, 4.69) is 37.1 Å². The molecule has 0 saturated carbocycles. The molecule has 2 atom stereocenters. The molecule has 1 fully saturated rings. The van der Waals surface area contributed by atoms with E-state index < -0.39 is 0 Å². The molecule has 0 amide bonds. The third kappa shape index (κ3) is 3.34. The molecule has 1 N–H and O–H groups in total. The van der Waals surface area contributed by atoms with Gasteiger partial charge in [0, 0.05) is 24.2 Å². The number of hydrogen-bond acceptors (Lipinski definition) is 3. The second-order valence-electron chi connectivity index (χ2n) is 5.74. The first-order valence-corrected chi connectivity index (χ1v) is 7.70. The first kappa shape index (κ1) is 15.8. The monoisotopic (exact) mass is 296 g/mol. The van der Waals surface area contributed by atoms with Crippen molar-refractivity contribution in [1.82, 2.24) is 10.2 Å². The summed E-state index contributed by atoms with van der Waals surface area (Å²) in [5.41, 5.74) is 2.56. The van der Waals surface area contributed by atoms with Crippen molar-refractivity contribution >= 4 is 11.6 Å². The van der Waals surface area contributed by atoms with E-state index in [1.807, 2.05) is 19.2 Å². The molecule has 0 aliphatic carbocycles. The van der Waals surface area contributed by atoms with Crippen LogP contribution in [0.15, 0.2) is 18.2 Å². The van der Waals surface area contributed by atoms with Crippen molar-refractivity contribution in [3.63, 3.8) is 0 Å². The van der Waals surface area contributed by atoms with Gasteiger partial charge in [-0.1, -0.05) is 17.7 Å². The van der Waals surface area contributed by atoms with Gasteiger partial charge in [0.05, 0.1) is 18.8 Å². The first-order chi connectivity index (χ1) is 9.54.